The Bertz CT molecular complexity index is 835. The van der Waals surface area contributed by atoms with Crippen molar-refractivity contribution in [3.8, 4) is 5.75 Å². The summed E-state index contributed by atoms with van der Waals surface area (Å²) in [5.74, 6) is 0.185. The van der Waals surface area contributed by atoms with Crippen LogP contribution in [0.15, 0.2) is 54.6 Å². The van der Waals surface area contributed by atoms with Crippen molar-refractivity contribution in [1.82, 2.24) is 4.90 Å². The summed E-state index contributed by atoms with van der Waals surface area (Å²) in [4.78, 5) is 14.4. The van der Waals surface area contributed by atoms with Crippen LogP contribution in [0.4, 0.5) is 0 Å². The van der Waals surface area contributed by atoms with Crippen LogP contribution in [0.3, 0.4) is 0 Å². The molecule has 0 radical (unpaired) electrons. The monoisotopic (exact) mass is 405 g/mol. The highest BCUT2D eigenvalue weighted by molar-refractivity contribution is 7.86. The van der Waals surface area contributed by atoms with Crippen molar-refractivity contribution in [2.75, 3.05) is 19.4 Å². The van der Waals surface area contributed by atoms with Crippen LogP contribution >= 0.6 is 0 Å². The number of hydrogen-bond donors (Lipinski definition) is 0. The van der Waals surface area contributed by atoms with Gasteiger partial charge in [-0.1, -0.05) is 55.8 Å². The molecule has 0 N–H and O–H groups in total. The third-order valence-electron chi connectivity index (χ3n) is 4.02. The van der Waals surface area contributed by atoms with Crippen LogP contribution in [0, 0.1) is 0 Å². The number of benzene rings is 2. The van der Waals surface area contributed by atoms with Gasteiger partial charge in [-0.2, -0.15) is 8.42 Å². The zero-order valence-corrected chi connectivity index (χ0v) is 17.2. The molecule has 0 aromatic heterocycles. The van der Waals surface area contributed by atoms with E-state index in [0.29, 0.717) is 19.7 Å². The van der Waals surface area contributed by atoms with E-state index in [4.69, 9.17) is 8.92 Å². The number of rotatable bonds is 11. The molecule has 0 aliphatic rings. The lowest BCUT2D eigenvalue weighted by Gasteiger charge is -2.23. The van der Waals surface area contributed by atoms with E-state index in [1.54, 1.807) is 29.2 Å². The molecule has 1 amide bonds. The number of ether oxygens (including phenoxy) is 1. The largest absolute Gasteiger partial charge is 0.383 e. The summed E-state index contributed by atoms with van der Waals surface area (Å²) in [5, 5.41) is 0. The first-order valence-corrected chi connectivity index (χ1v) is 11.1. The number of carbonyl (C=O) groups excluding carboxylic acids is 1. The molecule has 0 heterocycles. The van der Waals surface area contributed by atoms with Gasteiger partial charge in [0, 0.05) is 13.1 Å². The van der Waals surface area contributed by atoms with E-state index in [1.165, 1.54) is 0 Å². The standard InChI is InChI=1S/C21H27NO5S/c1-3-4-14-22(21(23)17-26-16-19-8-6-5-7-9-19)15-18-10-12-20(13-11-18)27-28(2,24)25/h5-13H,3-4,14-17H2,1-2H3. The Balaban J connectivity index is 1.93. The van der Waals surface area contributed by atoms with Gasteiger partial charge in [-0.05, 0) is 29.7 Å². The summed E-state index contributed by atoms with van der Waals surface area (Å²) in [7, 11) is -3.55. The van der Waals surface area contributed by atoms with Crippen molar-refractivity contribution in [3.63, 3.8) is 0 Å². The zero-order valence-electron chi connectivity index (χ0n) is 16.3. The van der Waals surface area contributed by atoms with Gasteiger partial charge in [0.1, 0.15) is 12.4 Å². The van der Waals surface area contributed by atoms with E-state index >= 15 is 0 Å². The van der Waals surface area contributed by atoms with Gasteiger partial charge in [-0.3, -0.25) is 4.79 Å². The second-order valence-corrected chi connectivity index (χ2v) is 8.15. The molecule has 0 aliphatic carbocycles. The molecule has 152 valence electrons. The van der Waals surface area contributed by atoms with E-state index < -0.39 is 10.1 Å². The minimum Gasteiger partial charge on any atom is -0.383 e. The number of unbranched alkanes of at least 4 members (excludes halogenated alkanes) is 1. The van der Waals surface area contributed by atoms with Gasteiger partial charge in [0.2, 0.25) is 5.91 Å². The van der Waals surface area contributed by atoms with Crippen LogP contribution in [0.5, 0.6) is 5.75 Å². The molecule has 0 atom stereocenters. The van der Waals surface area contributed by atoms with Crippen molar-refractivity contribution in [2.45, 2.75) is 32.9 Å². The molecule has 6 nitrogen and oxygen atoms in total. The van der Waals surface area contributed by atoms with Gasteiger partial charge in [0.05, 0.1) is 12.9 Å². The summed E-state index contributed by atoms with van der Waals surface area (Å²) >= 11 is 0. The lowest BCUT2D eigenvalue weighted by atomic mass is 10.2. The van der Waals surface area contributed by atoms with Crippen molar-refractivity contribution in [2.24, 2.45) is 0 Å². The highest BCUT2D eigenvalue weighted by Crippen LogP contribution is 2.16. The molecule has 2 aromatic rings. The van der Waals surface area contributed by atoms with Crippen LogP contribution in [-0.2, 0) is 32.8 Å². The number of nitrogens with zero attached hydrogens (tertiary/aromatic N) is 1. The smallest absolute Gasteiger partial charge is 0.306 e. The molecule has 28 heavy (non-hydrogen) atoms. The molecule has 0 saturated carbocycles. The highest BCUT2D eigenvalue weighted by atomic mass is 32.2. The zero-order chi connectivity index (χ0) is 20.4. The van der Waals surface area contributed by atoms with Crippen molar-refractivity contribution in [3.05, 3.63) is 65.7 Å². The molecule has 0 spiro atoms. The lowest BCUT2D eigenvalue weighted by molar-refractivity contribution is -0.137. The summed E-state index contributed by atoms with van der Waals surface area (Å²) in [6.07, 6.45) is 2.89. The number of carbonyl (C=O) groups is 1. The second kappa shape index (κ2) is 10.8. The Labute approximate surface area is 167 Å². The Hall–Kier alpha value is -2.38. The van der Waals surface area contributed by atoms with E-state index in [2.05, 4.69) is 6.92 Å². The van der Waals surface area contributed by atoms with Gasteiger partial charge < -0.3 is 13.8 Å². The molecule has 0 unspecified atom stereocenters. The Kier molecular flexibility index (Phi) is 8.47. The maximum absolute atomic E-state index is 12.6. The Morgan fingerprint density at radius 1 is 1.00 bits per heavy atom. The fourth-order valence-corrected chi connectivity index (χ4v) is 3.07. The lowest BCUT2D eigenvalue weighted by Crippen LogP contribution is -2.34. The van der Waals surface area contributed by atoms with Crippen molar-refractivity contribution < 1.29 is 22.1 Å². The van der Waals surface area contributed by atoms with Gasteiger partial charge in [0.25, 0.3) is 0 Å². The SMILES string of the molecule is CCCCN(Cc1ccc(OS(C)(=O)=O)cc1)C(=O)COCc1ccccc1. The molecule has 0 fully saturated rings. The quantitative estimate of drug-likeness (QED) is 0.536. The van der Waals surface area contributed by atoms with Crippen LogP contribution in [-0.4, -0.2) is 38.6 Å². The van der Waals surface area contributed by atoms with E-state index in [-0.39, 0.29) is 18.3 Å². The molecular weight excluding hydrogens is 378 g/mol. The first kappa shape index (κ1) is 21.9. The number of amides is 1. The van der Waals surface area contributed by atoms with Gasteiger partial charge in [-0.25, -0.2) is 0 Å². The molecule has 0 aliphatic heterocycles. The summed E-state index contributed by atoms with van der Waals surface area (Å²) in [6, 6.07) is 16.4. The topological polar surface area (TPSA) is 72.9 Å². The first-order valence-electron chi connectivity index (χ1n) is 9.25. The average Bonchev–Trinajstić information content (AvgIpc) is 2.66. The first-order chi connectivity index (χ1) is 13.4. The van der Waals surface area contributed by atoms with Crippen LogP contribution in [0.2, 0.25) is 0 Å². The Morgan fingerprint density at radius 2 is 1.68 bits per heavy atom. The Morgan fingerprint density at radius 3 is 2.29 bits per heavy atom. The minimum absolute atomic E-state index is 0.0217. The van der Waals surface area contributed by atoms with Crippen LogP contribution in [0.1, 0.15) is 30.9 Å². The predicted molar refractivity (Wildman–Crippen MR) is 108 cm³/mol. The minimum atomic E-state index is -3.55. The second-order valence-electron chi connectivity index (χ2n) is 6.58. The van der Waals surface area contributed by atoms with E-state index in [9.17, 15) is 13.2 Å². The molecule has 2 aromatic carbocycles. The van der Waals surface area contributed by atoms with E-state index in [0.717, 1.165) is 30.2 Å². The maximum atomic E-state index is 12.6. The summed E-state index contributed by atoms with van der Waals surface area (Å²) in [6.45, 7) is 3.57. The normalized spacial score (nSPS) is 11.2. The van der Waals surface area contributed by atoms with Gasteiger partial charge >= 0.3 is 10.1 Å². The molecule has 0 saturated heterocycles. The highest BCUT2D eigenvalue weighted by Gasteiger charge is 2.14. The van der Waals surface area contributed by atoms with Gasteiger partial charge in [0.15, 0.2) is 0 Å². The van der Waals surface area contributed by atoms with E-state index in [1.807, 2.05) is 30.3 Å². The third kappa shape index (κ3) is 8.10. The summed E-state index contributed by atoms with van der Waals surface area (Å²) in [5.41, 5.74) is 1.92. The predicted octanol–water partition coefficient (Wildman–Crippen LogP) is 3.37. The fourth-order valence-electron chi connectivity index (χ4n) is 2.61. The van der Waals surface area contributed by atoms with Crippen molar-refractivity contribution >= 4 is 16.0 Å². The summed E-state index contributed by atoms with van der Waals surface area (Å²) < 4.78 is 32.8. The van der Waals surface area contributed by atoms with Crippen LogP contribution < -0.4 is 4.18 Å². The molecular formula is C21H27NO5S. The van der Waals surface area contributed by atoms with Crippen LogP contribution in [0.25, 0.3) is 0 Å². The number of hydrogen-bond acceptors (Lipinski definition) is 5. The molecule has 7 heteroatoms. The maximum Gasteiger partial charge on any atom is 0.306 e. The third-order valence-corrected chi connectivity index (χ3v) is 4.51. The van der Waals surface area contributed by atoms with Crippen molar-refractivity contribution in [1.29, 1.82) is 0 Å². The molecule has 0 bridgehead atoms. The molecule has 2 rings (SSSR count). The fraction of sp³-hybridized carbons (Fsp3) is 0.381. The average molecular weight is 406 g/mol. The van der Waals surface area contributed by atoms with Gasteiger partial charge in [-0.15, -0.1) is 0 Å².